The summed E-state index contributed by atoms with van der Waals surface area (Å²) in [5.41, 5.74) is 0.666. The molecule has 1 atom stereocenters. The van der Waals surface area contributed by atoms with Gasteiger partial charge in [0, 0.05) is 12.1 Å². The number of benzene rings is 1. The van der Waals surface area contributed by atoms with Gasteiger partial charge >= 0.3 is 6.03 Å². The zero-order valence-electron chi connectivity index (χ0n) is 16.0. The standard InChI is InChI=1S/C19H27N5O2S/c1-4-5-7-12-15-23-24-19(27-15)22-17(25)16(13(2)3)21-18(26)20-14-10-8-6-9-11-14/h6,8-11,13,16H,4-5,7,12H2,1-3H3,(H2,20,21,26)(H,22,24,25). The van der Waals surface area contributed by atoms with Crippen LogP contribution in [0.1, 0.15) is 45.0 Å². The molecule has 1 unspecified atom stereocenters. The highest BCUT2D eigenvalue weighted by atomic mass is 32.1. The van der Waals surface area contributed by atoms with E-state index in [0.717, 1.165) is 30.7 Å². The number of hydrogen-bond acceptors (Lipinski definition) is 5. The van der Waals surface area contributed by atoms with Gasteiger partial charge in [0.15, 0.2) is 0 Å². The van der Waals surface area contributed by atoms with Gasteiger partial charge in [-0.2, -0.15) is 0 Å². The summed E-state index contributed by atoms with van der Waals surface area (Å²) in [6.45, 7) is 5.91. The number of nitrogens with zero attached hydrogens (tertiary/aromatic N) is 2. The number of aryl methyl sites for hydroxylation is 1. The van der Waals surface area contributed by atoms with Gasteiger partial charge in [-0.25, -0.2) is 4.79 Å². The molecule has 8 heteroatoms. The normalized spacial score (nSPS) is 11.9. The monoisotopic (exact) mass is 389 g/mol. The van der Waals surface area contributed by atoms with Crippen LogP contribution in [0, 0.1) is 5.92 Å². The van der Waals surface area contributed by atoms with Crippen molar-refractivity contribution < 1.29 is 9.59 Å². The minimum Gasteiger partial charge on any atom is -0.326 e. The maximum atomic E-state index is 12.6. The zero-order valence-corrected chi connectivity index (χ0v) is 16.8. The fourth-order valence-electron chi connectivity index (χ4n) is 2.48. The smallest absolute Gasteiger partial charge is 0.319 e. The molecule has 2 aromatic rings. The highest BCUT2D eigenvalue weighted by Gasteiger charge is 2.25. The van der Waals surface area contributed by atoms with Crippen molar-refractivity contribution in [3.63, 3.8) is 0 Å². The first-order chi connectivity index (χ1) is 13.0. The van der Waals surface area contributed by atoms with E-state index in [0.29, 0.717) is 10.8 Å². The van der Waals surface area contributed by atoms with Crippen molar-refractivity contribution in [3.05, 3.63) is 35.3 Å². The molecule has 3 N–H and O–H groups in total. The Bertz CT molecular complexity index is 733. The Labute approximate surface area is 164 Å². The van der Waals surface area contributed by atoms with Gasteiger partial charge in [-0.05, 0) is 24.5 Å². The fourth-order valence-corrected chi connectivity index (χ4v) is 3.26. The predicted molar refractivity (Wildman–Crippen MR) is 109 cm³/mol. The number of urea groups is 1. The number of unbranched alkanes of at least 4 members (excludes halogenated alkanes) is 2. The van der Waals surface area contributed by atoms with E-state index in [1.165, 1.54) is 11.3 Å². The van der Waals surface area contributed by atoms with Gasteiger partial charge in [0.05, 0.1) is 0 Å². The van der Waals surface area contributed by atoms with Crippen molar-refractivity contribution >= 4 is 34.1 Å². The first-order valence-electron chi connectivity index (χ1n) is 9.25. The predicted octanol–water partition coefficient (Wildman–Crippen LogP) is 4.06. The molecule has 146 valence electrons. The largest absolute Gasteiger partial charge is 0.326 e. The van der Waals surface area contributed by atoms with Crippen LogP contribution in [0.3, 0.4) is 0 Å². The fraction of sp³-hybridized carbons (Fsp3) is 0.474. The first kappa shape index (κ1) is 20.8. The Hall–Kier alpha value is -2.48. The SMILES string of the molecule is CCCCCc1nnc(NC(=O)C(NC(=O)Nc2ccccc2)C(C)C)s1. The summed E-state index contributed by atoms with van der Waals surface area (Å²) in [6, 6.07) is 7.99. The number of carbonyl (C=O) groups excluding carboxylic acids is 2. The number of para-hydroxylation sites is 1. The lowest BCUT2D eigenvalue weighted by Gasteiger charge is -2.21. The van der Waals surface area contributed by atoms with E-state index in [4.69, 9.17) is 0 Å². The summed E-state index contributed by atoms with van der Waals surface area (Å²) in [4.78, 5) is 24.8. The van der Waals surface area contributed by atoms with E-state index in [2.05, 4.69) is 33.1 Å². The summed E-state index contributed by atoms with van der Waals surface area (Å²) in [6.07, 6.45) is 4.23. The molecule has 3 amide bonds. The molecule has 0 fully saturated rings. The molecule has 0 aliphatic carbocycles. The molecular weight excluding hydrogens is 362 g/mol. The molecule has 1 heterocycles. The van der Waals surface area contributed by atoms with Gasteiger partial charge in [-0.15, -0.1) is 10.2 Å². The topological polar surface area (TPSA) is 96.0 Å². The second-order valence-corrected chi connectivity index (χ2v) is 7.70. The molecule has 0 aliphatic heterocycles. The molecule has 0 bridgehead atoms. The molecule has 27 heavy (non-hydrogen) atoms. The molecule has 0 radical (unpaired) electrons. The van der Waals surface area contributed by atoms with Gasteiger partial charge in [-0.1, -0.05) is 63.1 Å². The van der Waals surface area contributed by atoms with Crippen LogP contribution in [-0.2, 0) is 11.2 Å². The van der Waals surface area contributed by atoms with E-state index < -0.39 is 12.1 Å². The number of hydrogen-bond donors (Lipinski definition) is 3. The molecule has 1 aromatic heterocycles. The van der Waals surface area contributed by atoms with E-state index in [-0.39, 0.29) is 11.8 Å². The van der Waals surface area contributed by atoms with Crippen LogP contribution in [0.15, 0.2) is 30.3 Å². The second kappa shape index (κ2) is 10.6. The Morgan fingerprint density at radius 3 is 2.48 bits per heavy atom. The van der Waals surface area contributed by atoms with Crippen molar-refractivity contribution in [2.75, 3.05) is 10.6 Å². The molecule has 0 aliphatic rings. The lowest BCUT2D eigenvalue weighted by molar-refractivity contribution is -0.118. The Morgan fingerprint density at radius 2 is 1.81 bits per heavy atom. The van der Waals surface area contributed by atoms with Crippen LogP contribution in [-0.4, -0.2) is 28.2 Å². The minimum atomic E-state index is -0.679. The third kappa shape index (κ3) is 6.97. The molecular formula is C19H27N5O2S. The van der Waals surface area contributed by atoms with Crippen LogP contribution in [0.2, 0.25) is 0 Å². The summed E-state index contributed by atoms with van der Waals surface area (Å²) in [5.74, 6) is -0.382. The van der Waals surface area contributed by atoms with Gasteiger partial charge in [0.2, 0.25) is 11.0 Å². The second-order valence-electron chi connectivity index (χ2n) is 6.63. The lowest BCUT2D eigenvalue weighted by atomic mass is 10.0. The summed E-state index contributed by atoms with van der Waals surface area (Å²) < 4.78 is 0. The average molecular weight is 390 g/mol. The molecule has 7 nitrogen and oxygen atoms in total. The van der Waals surface area contributed by atoms with Gasteiger partial charge in [0.1, 0.15) is 11.0 Å². The average Bonchev–Trinajstić information content (AvgIpc) is 3.07. The number of rotatable bonds is 9. The van der Waals surface area contributed by atoms with Crippen molar-refractivity contribution in [1.29, 1.82) is 0 Å². The number of nitrogens with one attached hydrogen (secondary N) is 3. The van der Waals surface area contributed by atoms with Crippen molar-refractivity contribution in [1.82, 2.24) is 15.5 Å². The van der Waals surface area contributed by atoms with Gasteiger partial charge < -0.3 is 10.6 Å². The maximum Gasteiger partial charge on any atom is 0.319 e. The first-order valence-corrected chi connectivity index (χ1v) is 10.1. The van der Waals surface area contributed by atoms with Crippen LogP contribution in [0.4, 0.5) is 15.6 Å². The summed E-state index contributed by atoms with van der Waals surface area (Å²) in [5, 5.41) is 17.7. The molecule has 0 saturated heterocycles. The lowest BCUT2D eigenvalue weighted by Crippen LogP contribution is -2.48. The third-order valence-corrected chi connectivity index (χ3v) is 4.86. The van der Waals surface area contributed by atoms with Crippen LogP contribution < -0.4 is 16.0 Å². The molecule has 2 rings (SSSR count). The van der Waals surface area contributed by atoms with Crippen LogP contribution in [0.5, 0.6) is 0 Å². The van der Waals surface area contributed by atoms with Crippen LogP contribution in [0.25, 0.3) is 0 Å². The Kier molecular flexibility index (Phi) is 8.19. The summed E-state index contributed by atoms with van der Waals surface area (Å²) in [7, 11) is 0. The van der Waals surface area contributed by atoms with E-state index in [1.807, 2.05) is 32.0 Å². The van der Waals surface area contributed by atoms with Crippen LogP contribution >= 0.6 is 11.3 Å². The number of aromatic nitrogens is 2. The number of anilines is 2. The number of amides is 3. The zero-order chi connectivity index (χ0) is 19.6. The quantitative estimate of drug-likeness (QED) is 0.564. The third-order valence-electron chi connectivity index (χ3n) is 3.96. The molecule has 1 aromatic carbocycles. The molecule has 0 spiro atoms. The highest BCUT2D eigenvalue weighted by molar-refractivity contribution is 7.15. The number of carbonyl (C=O) groups is 2. The Balaban J connectivity index is 1.91. The maximum absolute atomic E-state index is 12.6. The van der Waals surface area contributed by atoms with Crippen molar-refractivity contribution in [3.8, 4) is 0 Å². The van der Waals surface area contributed by atoms with E-state index in [9.17, 15) is 9.59 Å². The van der Waals surface area contributed by atoms with Gasteiger partial charge in [0.25, 0.3) is 0 Å². The van der Waals surface area contributed by atoms with E-state index >= 15 is 0 Å². The molecule has 0 saturated carbocycles. The summed E-state index contributed by atoms with van der Waals surface area (Å²) >= 11 is 1.38. The van der Waals surface area contributed by atoms with Crippen molar-refractivity contribution in [2.45, 2.75) is 52.5 Å². The minimum absolute atomic E-state index is 0.0801. The van der Waals surface area contributed by atoms with Gasteiger partial charge in [-0.3, -0.25) is 10.1 Å². The van der Waals surface area contributed by atoms with E-state index in [1.54, 1.807) is 12.1 Å². The Morgan fingerprint density at radius 1 is 1.07 bits per heavy atom. The highest BCUT2D eigenvalue weighted by Crippen LogP contribution is 2.18. The van der Waals surface area contributed by atoms with Crippen molar-refractivity contribution in [2.24, 2.45) is 5.92 Å².